The smallest absolute Gasteiger partial charge is 0.342 e. The second kappa shape index (κ2) is 6.10. The van der Waals surface area contributed by atoms with Crippen LogP contribution < -0.4 is 4.90 Å². The number of benzene rings is 1. The van der Waals surface area contributed by atoms with Gasteiger partial charge < -0.3 is 15.1 Å². The third kappa shape index (κ3) is 3.38. The van der Waals surface area contributed by atoms with E-state index >= 15 is 0 Å². The maximum absolute atomic E-state index is 13.7. The van der Waals surface area contributed by atoms with Gasteiger partial charge in [0.05, 0.1) is 16.7 Å². The monoisotopic (exact) mass is 272 g/mol. The Balaban J connectivity index is 3.24. The largest absolute Gasteiger partial charge is 0.477 e. The van der Waals surface area contributed by atoms with Crippen LogP contribution >= 0.6 is 0 Å². The van der Waals surface area contributed by atoms with E-state index in [2.05, 4.69) is 0 Å². The molecule has 0 bridgehead atoms. The van der Waals surface area contributed by atoms with Crippen LogP contribution in [0.4, 0.5) is 15.8 Å². The quantitative estimate of drug-likeness (QED) is 0.596. The molecule has 0 spiro atoms. The van der Waals surface area contributed by atoms with Crippen molar-refractivity contribution in [3.05, 3.63) is 33.6 Å². The van der Waals surface area contributed by atoms with Crippen LogP contribution in [0.1, 0.15) is 16.8 Å². The molecule has 19 heavy (non-hydrogen) atoms. The molecule has 0 aromatic heterocycles. The molecule has 104 valence electrons. The summed E-state index contributed by atoms with van der Waals surface area (Å²) in [5.41, 5.74) is -1.42. The van der Waals surface area contributed by atoms with E-state index in [4.69, 9.17) is 10.2 Å². The van der Waals surface area contributed by atoms with Gasteiger partial charge >= 0.3 is 5.97 Å². The fraction of sp³-hybridized carbons (Fsp3) is 0.364. The topological polar surface area (TPSA) is 104 Å². The first-order valence-corrected chi connectivity index (χ1v) is 5.41. The Bertz CT molecular complexity index is 506. The molecule has 0 fully saturated rings. The molecule has 0 amide bonds. The molecule has 0 saturated carbocycles. The normalized spacial score (nSPS) is 10.3. The SMILES string of the molecule is CN(CCCO)c1cc(C(=O)O)c([N+](=O)[O-])cc1F. The number of anilines is 1. The zero-order chi connectivity index (χ0) is 14.6. The lowest BCUT2D eigenvalue weighted by atomic mass is 10.1. The molecule has 0 radical (unpaired) electrons. The summed E-state index contributed by atoms with van der Waals surface area (Å²) in [6.45, 7) is 0.203. The van der Waals surface area contributed by atoms with E-state index in [1.807, 2.05) is 0 Å². The van der Waals surface area contributed by atoms with Crippen LogP contribution in [0, 0.1) is 15.9 Å². The molecular formula is C11H13FN2O5. The predicted octanol–water partition coefficient (Wildman–Crippen LogP) is 1.25. The van der Waals surface area contributed by atoms with Gasteiger partial charge in [0.25, 0.3) is 5.69 Å². The fourth-order valence-corrected chi connectivity index (χ4v) is 1.59. The lowest BCUT2D eigenvalue weighted by Crippen LogP contribution is -2.21. The number of carboxylic acids is 1. The molecule has 0 saturated heterocycles. The van der Waals surface area contributed by atoms with E-state index in [0.29, 0.717) is 19.0 Å². The van der Waals surface area contributed by atoms with Gasteiger partial charge in [0.15, 0.2) is 5.82 Å². The standard InChI is InChI=1S/C11H13FN2O5/c1-13(3-2-4-15)10-5-7(11(16)17)9(14(18)19)6-8(10)12/h5-6,15H,2-4H2,1H3,(H,16,17). The van der Waals surface area contributed by atoms with Crippen LogP contribution in [0.15, 0.2) is 12.1 Å². The van der Waals surface area contributed by atoms with Gasteiger partial charge in [0.1, 0.15) is 5.56 Å². The predicted molar refractivity (Wildman–Crippen MR) is 65.0 cm³/mol. The van der Waals surface area contributed by atoms with Crippen LogP contribution in [0.3, 0.4) is 0 Å². The number of nitro benzene ring substituents is 1. The van der Waals surface area contributed by atoms with Gasteiger partial charge in [0, 0.05) is 20.2 Å². The Morgan fingerprint density at radius 3 is 2.63 bits per heavy atom. The van der Waals surface area contributed by atoms with Gasteiger partial charge in [-0.2, -0.15) is 0 Å². The van der Waals surface area contributed by atoms with E-state index in [1.165, 1.54) is 11.9 Å². The number of aromatic carboxylic acids is 1. The first-order chi connectivity index (χ1) is 8.88. The number of hydrogen-bond acceptors (Lipinski definition) is 5. The number of carbonyl (C=O) groups is 1. The summed E-state index contributed by atoms with van der Waals surface area (Å²) in [6, 6.07) is 1.52. The Morgan fingerprint density at radius 2 is 2.16 bits per heavy atom. The third-order valence-corrected chi connectivity index (χ3v) is 2.56. The maximum Gasteiger partial charge on any atom is 0.342 e. The Morgan fingerprint density at radius 1 is 1.53 bits per heavy atom. The van der Waals surface area contributed by atoms with Crippen molar-refractivity contribution in [2.45, 2.75) is 6.42 Å². The number of carboxylic acid groups (broad SMARTS) is 1. The van der Waals surface area contributed by atoms with E-state index in [-0.39, 0.29) is 12.3 Å². The first kappa shape index (κ1) is 14.8. The molecular weight excluding hydrogens is 259 g/mol. The molecule has 1 aromatic carbocycles. The molecule has 1 rings (SSSR count). The number of aliphatic hydroxyl groups excluding tert-OH is 1. The molecule has 8 heteroatoms. The van der Waals surface area contributed by atoms with Gasteiger partial charge in [-0.25, -0.2) is 9.18 Å². The number of aliphatic hydroxyl groups is 1. The molecule has 0 atom stereocenters. The van der Waals surface area contributed by atoms with Gasteiger partial charge in [0.2, 0.25) is 0 Å². The molecule has 1 aromatic rings. The van der Waals surface area contributed by atoms with Crippen LogP contribution in [0.5, 0.6) is 0 Å². The highest BCUT2D eigenvalue weighted by atomic mass is 19.1. The van der Waals surface area contributed by atoms with Crippen molar-refractivity contribution in [2.24, 2.45) is 0 Å². The van der Waals surface area contributed by atoms with Crippen LogP contribution in [0.25, 0.3) is 0 Å². The summed E-state index contributed by atoms with van der Waals surface area (Å²) in [5, 5.41) is 28.3. The fourth-order valence-electron chi connectivity index (χ4n) is 1.59. The minimum Gasteiger partial charge on any atom is -0.477 e. The Labute approximate surface area is 108 Å². The van der Waals surface area contributed by atoms with Crippen molar-refractivity contribution in [2.75, 3.05) is 25.1 Å². The number of hydrogen-bond donors (Lipinski definition) is 2. The molecule has 0 unspecified atom stereocenters. The average Bonchev–Trinajstić information content (AvgIpc) is 2.34. The van der Waals surface area contributed by atoms with E-state index in [9.17, 15) is 19.3 Å². The van der Waals surface area contributed by atoms with E-state index < -0.39 is 28.0 Å². The van der Waals surface area contributed by atoms with Crippen molar-refractivity contribution < 1.29 is 24.3 Å². The maximum atomic E-state index is 13.7. The summed E-state index contributed by atoms with van der Waals surface area (Å²) in [4.78, 5) is 22.1. The highest BCUT2D eigenvalue weighted by Crippen LogP contribution is 2.28. The molecule has 0 aliphatic rings. The highest BCUT2D eigenvalue weighted by Gasteiger charge is 2.24. The van der Waals surface area contributed by atoms with Crippen molar-refractivity contribution in [1.29, 1.82) is 0 Å². The summed E-state index contributed by atoms with van der Waals surface area (Å²) < 4.78 is 13.7. The van der Waals surface area contributed by atoms with Crippen molar-refractivity contribution in [3.8, 4) is 0 Å². The number of rotatable bonds is 6. The van der Waals surface area contributed by atoms with Crippen LogP contribution in [-0.2, 0) is 0 Å². The lowest BCUT2D eigenvalue weighted by molar-refractivity contribution is -0.385. The van der Waals surface area contributed by atoms with Crippen LogP contribution in [0.2, 0.25) is 0 Å². The summed E-state index contributed by atoms with van der Waals surface area (Å²) in [7, 11) is 1.51. The third-order valence-electron chi connectivity index (χ3n) is 2.56. The highest BCUT2D eigenvalue weighted by molar-refractivity contribution is 5.93. The molecule has 2 N–H and O–H groups in total. The van der Waals surface area contributed by atoms with Gasteiger partial charge in [-0.1, -0.05) is 0 Å². The Kier molecular flexibility index (Phi) is 4.76. The zero-order valence-corrected chi connectivity index (χ0v) is 10.2. The van der Waals surface area contributed by atoms with Crippen molar-refractivity contribution in [3.63, 3.8) is 0 Å². The molecule has 0 heterocycles. The van der Waals surface area contributed by atoms with E-state index in [0.717, 1.165) is 6.07 Å². The van der Waals surface area contributed by atoms with E-state index in [1.54, 1.807) is 0 Å². The number of nitro groups is 1. The van der Waals surface area contributed by atoms with Gasteiger partial charge in [-0.15, -0.1) is 0 Å². The Hall–Kier alpha value is -2.22. The molecule has 7 nitrogen and oxygen atoms in total. The number of nitrogens with zero attached hydrogens (tertiary/aromatic N) is 2. The van der Waals surface area contributed by atoms with Gasteiger partial charge in [-0.05, 0) is 12.5 Å². The van der Waals surface area contributed by atoms with Crippen molar-refractivity contribution >= 4 is 17.3 Å². The number of halogens is 1. The minimum atomic E-state index is -1.50. The second-order valence-electron chi connectivity index (χ2n) is 3.88. The van der Waals surface area contributed by atoms with Crippen molar-refractivity contribution in [1.82, 2.24) is 0 Å². The molecule has 0 aliphatic carbocycles. The summed E-state index contributed by atoms with van der Waals surface area (Å²) in [5.74, 6) is -2.37. The first-order valence-electron chi connectivity index (χ1n) is 5.41. The lowest BCUT2D eigenvalue weighted by Gasteiger charge is -2.19. The summed E-state index contributed by atoms with van der Waals surface area (Å²) in [6.07, 6.45) is 0.370. The zero-order valence-electron chi connectivity index (χ0n) is 10.2. The average molecular weight is 272 g/mol. The summed E-state index contributed by atoms with van der Waals surface area (Å²) >= 11 is 0. The van der Waals surface area contributed by atoms with Crippen LogP contribution in [-0.4, -0.2) is 41.3 Å². The minimum absolute atomic E-state index is 0.0588. The second-order valence-corrected chi connectivity index (χ2v) is 3.88. The van der Waals surface area contributed by atoms with Gasteiger partial charge in [-0.3, -0.25) is 10.1 Å². The molecule has 0 aliphatic heterocycles.